The maximum absolute atomic E-state index is 13.0. The Morgan fingerprint density at radius 1 is 1.45 bits per heavy atom. The summed E-state index contributed by atoms with van der Waals surface area (Å²) in [6.07, 6.45) is -8.97. The van der Waals surface area contributed by atoms with Gasteiger partial charge in [0.25, 0.3) is 6.43 Å². The summed E-state index contributed by atoms with van der Waals surface area (Å²) in [7, 11) is 0. The van der Waals surface area contributed by atoms with Crippen molar-refractivity contribution in [2.45, 2.75) is 19.7 Å². The van der Waals surface area contributed by atoms with Crippen molar-refractivity contribution in [1.82, 2.24) is 4.98 Å². The molecule has 0 fully saturated rings. The largest absolute Gasteiger partial charge is 0.573 e. The Morgan fingerprint density at radius 2 is 2.05 bits per heavy atom. The molecule has 0 spiro atoms. The molecule has 0 aromatic carbocycles. The molecule has 12 heteroatoms. The zero-order chi connectivity index (χ0) is 17.1. The number of carbonyl (C=O) groups is 1. The highest BCUT2D eigenvalue weighted by molar-refractivity contribution is 5.90. The van der Waals surface area contributed by atoms with Crippen LogP contribution >= 0.6 is 0 Å². The number of pyridine rings is 1. The van der Waals surface area contributed by atoms with Crippen molar-refractivity contribution >= 4 is 11.7 Å². The van der Waals surface area contributed by atoms with Gasteiger partial charge in [-0.05, 0) is 6.92 Å². The number of carbonyl (C=O) groups excluding carboxylic acids is 1. The summed E-state index contributed by atoms with van der Waals surface area (Å²) < 4.78 is 70.5. The topological polar surface area (TPSA) is 91.6 Å². The van der Waals surface area contributed by atoms with Crippen LogP contribution in [-0.2, 0) is 4.74 Å². The fourth-order valence-corrected chi connectivity index (χ4v) is 1.42. The molecule has 1 heterocycles. The predicted octanol–water partition coefficient (Wildman–Crippen LogP) is 3.00. The average Bonchev–Trinajstić information content (AvgIpc) is 2.35. The van der Waals surface area contributed by atoms with E-state index in [0.717, 1.165) is 0 Å². The van der Waals surface area contributed by atoms with Crippen molar-refractivity contribution in [3.63, 3.8) is 0 Å². The van der Waals surface area contributed by atoms with Crippen molar-refractivity contribution in [3.8, 4) is 5.75 Å². The summed E-state index contributed by atoms with van der Waals surface area (Å²) in [4.78, 5) is 23.8. The van der Waals surface area contributed by atoms with Crippen LogP contribution in [0.25, 0.3) is 0 Å². The molecule has 0 atom stereocenters. The number of hydrogen-bond acceptors (Lipinski definition) is 6. The van der Waals surface area contributed by atoms with E-state index in [1.165, 1.54) is 6.92 Å². The minimum absolute atomic E-state index is 0.208. The third-order valence-corrected chi connectivity index (χ3v) is 2.15. The Bertz CT molecular complexity index is 590. The summed E-state index contributed by atoms with van der Waals surface area (Å²) in [5.74, 6) is -3.26. The minimum atomic E-state index is -5.48. The first kappa shape index (κ1) is 17.5. The van der Waals surface area contributed by atoms with Gasteiger partial charge >= 0.3 is 18.0 Å². The average molecular weight is 330 g/mol. The lowest BCUT2D eigenvalue weighted by Crippen LogP contribution is -2.21. The molecule has 0 aliphatic carbocycles. The van der Waals surface area contributed by atoms with Crippen LogP contribution in [0.5, 0.6) is 5.75 Å². The highest BCUT2D eigenvalue weighted by Crippen LogP contribution is 2.41. The molecule has 0 saturated heterocycles. The van der Waals surface area contributed by atoms with Crippen molar-refractivity contribution in [2.75, 3.05) is 6.61 Å². The Kier molecular flexibility index (Phi) is 5.17. The van der Waals surface area contributed by atoms with E-state index in [9.17, 15) is 36.9 Å². The number of rotatable bonds is 5. The molecular weight excluding hydrogens is 323 g/mol. The summed E-state index contributed by atoms with van der Waals surface area (Å²) in [5, 5.41) is 10.6. The van der Waals surface area contributed by atoms with Gasteiger partial charge in [0.15, 0.2) is 5.69 Å². The zero-order valence-electron chi connectivity index (χ0n) is 10.7. The van der Waals surface area contributed by atoms with E-state index >= 15 is 0 Å². The molecule has 7 nitrogen and oxygen atoms in total. The third-order valence-electron chi connectivity index (χ3n) is 2.15. The zero-order valence-corrected chi connectivity index (χ0v) is 10.7. The van der Waals surface area contributed by atoms with Crippen LogP contribution in [0.15, 0.2) is 6.20 Å². The molecule has 0 amide bonds. The van der Waals surface area contributed by atoms with Crippen LogP contribution in [0.2, 0.25) is 0 Å². The van der Waals surface area contributed by atoms with Crippen molar-refractivity contribution < 1.29 is 41.1 Å². The fourth-order valence-electron chi connectivity index (χ4n) is 1.42. The smallest absolute Gasteiger partial charge is 0.461 e. The maximum Gasteiger partial charge on any atom is 0.573 e. The molecule has 122 valence electrons. The van der Waals surface area contributed by atoms with E-state index in [1.54, 1.807) is 0 Å². The summed E-state index contributed by atoms with van der Waals surface area (Å²) in [5.41, 5.74) is -4.31. The molecular formula is C10H7F5N2O5. The Hall–Kier alpha value is -2.53. The molecule has 1 aromatic rings. The third kappa shape index (κ3) is 3.99. The van der Waals surface area contributed by atoms with Crippen LogP contribution in [0.1, 0.15) is 29.4 Å². The highest BCUT2D eigenvalue weighted by atomic mass is 19.4. The van der Waals surface area contributed by atoms with Crippen LogP contribution in [0.4, 0.5) is 27.6 Å². The number of nitrogens with zero attached hydrogens (tertiary/aromatic N) is 2. The second-order valence-corrected chi connectivity index (χ2v) is 3.56. The number of nitro groups is 1. The first-order valence-electron chi connectivity index (χ1n) is 5.46. The van der Waals surface area contributed by atoms with Crippen LogP contribution in [0, 0.1) is 10.1 Å². The van der Waals surface area contributed by atoms with E-state index in [2.05, 4.69) is 14.5 Å². The first-order chi connectivity index (χ1) is 10.1. The lowest BCUT2D eigenvalue weighted by atomic mass is 10.1. The summed E-state index contributed by atoms with van der Waals surface area (Å²) >= 11 is 0. The van der Waals surface area contributed by atoms with Gasteiger partial charge in [-0.3, -0.25) is 10.1 Å². The van der Waals surface area contributed by atoms with Gasteiger partial charge in [-0.2, -0.15) is 0 Å². The van der Waals surface area contributed by atoms with E-state index in [1.807, 2.05) is 0 Å². The van der Waals surface area contributed by atoms with Gasteiger partial charge in [-0.1, -0.05) is 0 Å². The second-order valence-electron chi connectivity index (χ2n) is 3.56. The Labute approximate surface area is 118 Å². The molecule has 0 radical (unpaired) electrons. The number of hydrogen-bond donors (Lipinski definition) is 0. The number of ether oxygens (including phenoxy) is 2. The van der Waals surface area contributed by atoms with Crippen molar-refractivity contribution in [2.24, 2.45) is 0 Å². The highest BCUT2D eigenvalue weighted by Gasteiger charge is 2.40. The molecule has 1 rings (SSSR count). The molecule has 22 heavy (non-hydrogen) atoms. The van der Waals surface area contributed by atoms with Crippen LogP contribution < -0.4 is 4.74 Å². The molecule has 1 aromatic heterocycles. The van der Waals surface area contributed by atoms with E-state index in [0.29, 0.717) is 0 Å². The summed E-state index contributed by atoms with van der Waals surface area (Å²) in [6.45, 7) is 1.05. The monoisotopic (exact) mass is 330 g/mol. The Morgan fingerprint density at radius 3 is 2.45 bits per heavy atom. The number of halogens is 5. The normalized spacial score (nSPS) is 11.4. The molecule has 0 aliphatic rings. The molecule has 0 bridgehead atoms. The maximum atomic E-state index is 13.0. The van der Waals surface area contributed by atoms with E-state index in [-0.39, 0.29) is 12.8 Å². The van der Waals surface area contributed by atoms with Crippen molar-refractivity contribution in [3.05, 3.63) is 27.6 Å². The molecule has 0 aliphatic heterocycles. The van der Waals surface area contributed by atoms with E-state index < -0.39 is 46.4 Å². The van der Waals surface area contributed by atoms with Gasteiger partial charge in [0.1, 0.15) is 11.8 Å². The standard InChI is InChI=1S/C10H7F5N2O5/c1-2-21-9(18)6-5(8(11)12)7(22-10(13,14)15)4(3-16-6)17(19)20/h3,8H,2H2,1H3. The quantitative estimate of drug-likeness (QED) is 0.357. The van der Waals surface area contributed by atoms with Crippen molar-refractivity contribution in [1.29, 1.82) is 0 Å². The van der Waals surface area contributed by atoms with Gasteiger partial charge in [0.05, 0.1) is 11.5 Å². The van der Waals surface area contributed by atoms with Crippen LogP contribution in [-0.4, -0.2) is 28.8 Å². The molecule has 0 saturated carbocycles. The number of aromatic nitrogens is 1. The predicted molar refractivity (Wildman–Crippen MR) is 58.5 cm³/mol. The summed E-state index contributed by atoms with van der Waals surface area (Å²) in [6, 6.07) is 0. The van der Waals surface area contributed by atoms with Gasteiger partial charge in [-0.25, -0.2) is 18.6 Å². The van der Waals surface area contributed by atoms with Gasteiger partial charge < -0.3 is 9.47 Å². The molecule has 0 unspecified atom stereocenters. The van der Waals surface area contributed by atoms with Crippen LogP contribution in [0.3, 0.4) is 0 Å². The molecule has 0 N–H and O–H groups in total. The number of alkyl halides is 5. The van der Waals surface area contributed by atoms with Gasteiger partial charge in [0.2, 0.25) is 5.75 Å². The Balaban J connectivity index is 3.60. The fraction of sp³-hybridized carbons (Fsp3) is 0.400. The minimum Gasteiger partial charge on any atom is -0.461 e. The number of esters is 1. The van der Waals surface area contributed by atoms with E-state index in [4.69, 9.17) is 0 Å². The first-order valence-corrected chi connectivity index (χ1v) is 5.46. The van der Waals surface area contributed by atoms with Gasteiger partial charge in [-0.15, -0.1) is 13.2 Å². The SMILES string of the molecule is CCOC(=O)c1ncc([N+](=O)[O-])c(OC(F)(F)F)c1C(F)F. The lowest BCUT2D eigenvalue weighted by Gasteiger charge is -2.14. The lowest BCUT2D eigenvalue weighted by molar-refractivity contribution is -0.389. The second kappa shape index (κ2) is 6.49. The van der Waals surface area contributed by atoms with Gasteiger partial charge in [0, 0.05) is 0 Å².